The van der Waals surface area contributed by atoms with Gasteiger partial charge in [-0.05, 0) is 36.8 Å². The third-order valence-corrected chi connectivity index (χ3v) is 4.11. The molecule has 0 radical (unpaired) electrons. The zero-order valence-electron chi connectivity index (χ0n) is 13.2. The highest BCUT2D eigenvalue weighted by molar-refractivity contribution is 6.33. The van der Waals surface area contributed by atoms with Gasteiger partial charge in [0.1, 0.15) is 0 Å². The molecule has 4 nitrogen and oxygen atoms in total. The summed E-state index contributed by atoms with van der Waals surface area (Å²) in [5.41, 5.74) is 1.68. The lowest BCUT2D eigenvalue weighted by atomic mass is 10.1. The molecule has 0 spiro atoms. The zero-order chi connectivity index (χ0) is 18.0. The predicted molar refractivity (Wildman–Crippen MR) is 90.8 cm³/mol. The van der Waals surface area contributed by atoms with Crippen LogP contribution in [0, 0.1) is 11.6 Å². The molecule has 0 saturated heterocycles. The first-order valence-corrected chi connectivity index (χ1v) is 7.87. The number of benzene rings is 2. The van der Waals surface area contributed by atoms with Crippen LogP contribution >= 0.6 is 11.6 Å². The van der Waals surface area contributed by atoms with E-state index < -0.39 is 17.5 Å². The molecular weight excluding hydrogens is 348 g/mol. The summed E-state index contributed by atoms with van der Waals surface area (Å²) in [5, 5.41) is 2.58. The monoisotopic (exact) mass is 361 g/mol. The number of aromatic nitrogens is 2. The molecule has 1 atom stereocenters. The SMILES string of the molecule is CC(NC(=O)c1cc(F)c(F)cc1Cl)c1ccc(-n2ccnc2)cc1. The minimum absolute atomic E-state index is 0.109. The molecule has 128 valence electrons. The Morgan fingerprint density at radius 3 is 2.52 bits per heavy atom. The van der Waals surface area contributed by atoms with E-state index in [-0.39, 0.29) is 16.6 Å². The fourth-order valence-electron chi connectivity index (χ4n) is 2.40. The van der Waals surface area contributed by atoms with Crippen molar-refractivity contribution in [1.29, 1.82) is 0 Å². The van der Waals surface area contributed by atoms with E-state index in [0.29, 0.717) is 0 Å². The van der Waals surface area contributed by atoms with Crippen LogP contribution in [0.5, 0.6) is 0 Å². The zero-order valence-corrected chi connectivity index (χ0v) is 14.0. The van der Waals surface area contributed by atoms with Crippen molar-refractivity contribution in [2.45, 2.75) is 13.0 Å². The number of amides is 1. The van der Waals surface area contributed by atoms with Crippen LogP contribution in [0.15, 0.2) is 55.1 Å². The van der Waals surface area contributed by atoms with Gasteiger partial charge in [-0.2, -0.15) is 0 Å². The minimum Gasteiger partial charge on any atom is -0.345 e. The molecule has 0 aliphatic rings. The minimum atomic E-state index is -1.12. The second-order valence-corrected chi connectivity index (χ2v) is 5.91. The van der Waals surface area contributed by atoms with Crippen molar-refractivity contribution in [3.63, 3.8) is 0 Å². The van der Waals surface area contributed by atoms with E-state index in [1.54, 1.807) is 19.4 Å². The van der Waals surface area contributed by atoms with Gasteiger partial charge in [0, 0.05) is 18.1 Å². The molecule has 25 heavy (non-hydrogen) atoms. The molecule has 1 unspecified atom stereocenters. The first-order chi connectivity index (χ1) is 12.0. The van der Waals surface area contributed by atoms with Gasteiger partial charge in [-0.1, -0.05) is 23.7 Å². The third kappa shape index (κ3) is 3.69. The highest BCUT2D eigenvalue weighted by Gasteiger charge is 2.17. The lowest BCUT2D eigenvalue weighted by Gasteiger charge is -2.16. The fourth-order valence-corrected chi connectivity index (χ4v) is 2.64. The molecule has 3 rings (SSSR count). The van der Waals surface area contributed by atoms with Crippen LogP contribution < -0.4 is 5.32 Å². The Morgan fingerprint density at radius 2 is 1.88 bits per heavy atom. The molecule has 0 aliphatic heterocycles. The number of rotatable bonds is 4. The smallest absolute Gasteiger partial charge is 0.253 e. The lowest BCUT2D eigenvalue weighted by Crippen LogP contribution is -2.27. The number of imidazole rings is 1. The van der Waals surface area contributed by atoms with E-state index in [4.69, 9.17) is 11.6 Å². The molecule has 1 amide bonds. The van der Waals surface area contributed by atoms with Crippen LogP contribution in [0.3, 0.4) is 0 Å². The van der Waals surface area contributed by atoms with E-state index in [1.807, 2.05) is 35.0 Å². The summed E-state index contributed by atoms with van der Waals surface area (Å²) in [6.07, 6.45) is 5.19. The Kier molecular flexibility index (Phi) is 4.81. The normalized spacial score (nSPS) is 12.0. The molecule has 3 aromatic rings. The maximum absolute atomic E-state index is 13.3. The Morgan fingerprint density at radius 1 is 1.20 bits per heavy atom. The van der Waals surface area contributed by atoms with Gasteiger partial charge < -0.3 is 9.88 Å². The highest BCUT2D eigenvalue weighted by Crippen LogP contribution is 2.22. The summed E-state index contributed by atoms with van der Waals surface area (Å²) >= 11 is 5.83. The van der Waals surface area contributed by atoms with Crippen molar-refractivity contribution in [3.05, 3.63) is 82.9 Å². The van der Waals surface area contributed by atoms with Crippen molar-refractivity contribution >= 4 is 17.5 Å². The van der Waals surface area contributed by atoms with E-state index in [2.05, 4.69) is 10.3 Å². The van der Waals surface area contributed by atoms with E-state index in [9.17, 15) is 13.6 Å². The molecule has 0 bridgehead atoms. The molecule has 7 heteroatoms. The second-order valence-electron chi connectivity index (χ2n) is 5.50. The topological polar surface area (TPSA) is 46.9 Å². The Labute approximate surface area is 148 Å². The van der Waals surface area contributed by atoms with Crippen LogP contribution in [0.4, 0.5) is 8.78 Å². The molecule has 1 heterocycles. The maximum atomic E-state index is 13.3. The molecule has 1 N–H and O–H groups in total. The van der Waals surface area contributed by atoms with Gasteiger partial charge in [0.2, 0.25) is 0 Å². The Bertz CT molecular complexity index is 895. The maximum Gasteiger partial charge on any atom is 0.253 e. The number of nitrogens with one attached hydrogen (secondary N) is 1. The van der Waals surface area contributed by atoms with Crippen molar-refractivity contribution in [1.82, 2.24) is 14.9 Å². The number of hydrogen-bond donors (Lipinski definition) is 1. The third-order valence-electron chi connectivity index (χ3n) is 3.80. The molecule has 0 aliphatic carbocycles. The van der Waals surface area contributed by atoms with Crippen LogP contribution in [-0.4, -0.2) is 15.5 Å². The quantitative estimate of drug-likeness (QED) is 0.704. The van der Waals surface area contributed by atoms with Gasteiger partial charge in [0.15, 0.2) is 11.6 Å². The van der Waals surface area contributed by atoms with E-state index in [1.165, 1.54) is 0 Å². The fraction of sp³-hybridized carbons (Fsp3) is 0.111. The first kappa shape index (κ1) is 17.1. The summed E-state index contributed by atoms with van der Waals surface area (Å²) in [5.74, 6) is -2.79. The van der Waals surface area contributed by atoms with Crippen LogP contribution in [-0.2, 0) is 0 Å². The molecule has 2 aromatic carbocycles. The van der Waals surface area contributed by atoms with Crippen LogP contribution in [0.25, 0.3) is 5.69 Å². The standard InChI is InChI=1S/C18H14ClF2N3O/c1-11(12-2-4-13(5-3-12)24-7-6-22-10-24)23-18(25)14-8-16(20)17(21)9-15(14)19/h2-11H,1H3,(H,23,25). The summed E-state index contributed by atoms with van der Waals surface area (Å²) < 4.78 is 28.3. The van der Waals surface area contributed by atoms with Crippen LogP contribution in [0.1, 0.15) is 28.9 Å². The van der Waals surface area contributed by atoms with Gasteiger partial charge in [-0.15, -0.1) is 0 Å². The van der Waals surface area contributed by atoms with E-state index >= 15 is 0 Å². The Hall–Kier alpha value is -2.73. The van der Waals surface area contributed by atoms with Crippen molar-refractivity contribution in [3.8, 4) is 5.69 Å². The molecule has 1 aromatic heterocycles. The Balaban J connectivity index is 1.74. The summed E-state index contributed by atoms with van der Waals surface area (Å²) in [6, 6.07) is 8.76. The van der Waals surface area contributed by atoms with Gasteiger partial charge in [-0.25, -0.2) is 13.8 Å². The first-order valence-electron chi connectivity index (χ1n) is 7.49. The van der Waals surface area contributed by atoms with Gasteiger partial charge in [0.25, 0.3) is 5.91 Å². The second kappa shape index (κ2) is 7.03. The number of nitrogens with zero attached hydrogens (tertiary/aromatic N) is 2. The molecular formula is C18H14ClF2N3O. The lowest BCUT2D eigenvalue weighted by molar-refractivity contribution is 0.0939. The van der Waals surface area contributed by atoms with Gasteiger partial charge >= 0.3 is 0 Å². The van der Waals surface area contributed by atoms with Crippen molar-refractivity contribution in [2.24, 2.45) is 0 Å². The number of carbonyl (C=O) groups excluding carboxylic acids is 1. The van der Waals surface area contributed by atoms with Crippen molar-refractivity contribution < 1.29 is 13.6 Å². The average molecular weight is 362 g/mol. The largest absolute Gasteiger partial charge is 0.345 e. The summed E-state index contributed by atoms with van der Waals surface area (Å²) in [4.78, 5) is 16.3. The summed E-state index contributed by atoms with van der Waals surface area (Å²) in [6.45, 7) is 1.79. The number of hydrogen-bond acceptors (Lipinski definition) is 2. The molecule has 0 saturated carbocycles. The molecule has 0 fully saturated rings. The average Bonchev–Trinajstić information content (AvgIpc) is 3.12. The van der Waals surface area contributed by atoms with Gasteiger partial charge in [-0.3, -0.25) is 4.79 Å². The number of carbonyl (C=O) groups is 1. The number of halogens is 3. The van der Waals surface area contributed by atoms with E-state index in [0.717, 1.165) is 23.4 Å². The van der Waals surface area contributed by atoms with Crippen molar-refractivity contribution in [2.75, 3.05) is 0 Å². The van der Waals surface area contributed by atoms with Crippen LogP contribution in [0.2, 0.25) is 5.02 Å². The highest BCUT2D eigenvalue weighted by atomic mass is 35.5. The van der Waals surface area contributed by atoms with Gasteiger partial charge in [0.05, 0.1) is 23.0 Å². The summed E-state index contributed by atoms with van der Waals surface area (Å²) in [7, 11) is 0. The predicted octanol–water partition coefficient (Wildman–Crippen LogP) is 4.29.